The Kier molecular flexibility index (Phi) is 3.81. The molecule has 11 heavy (non-hydrogen) atoms. The molecule has 0 radical (unpaired) electrons. The molecule has 0 unspecified atom stereocenters. The largest absolute Gasteiger partial charge is 0.238 e. The summed E-state index contributed by atoms with van der Waals surface area (Å²) in [6.45, 7) is 0. The van der Waals surface area contributed by atoms with Crippen molar-refractivity contribution in [3.63, 3.8) is 0 Å². The van der Waals surface area contributed by atoms with Gasteiger partial charge in [-0.25, -0.2) is 8.78 Å². The maximum atomic E-state index is 11.8. The van der Waals surface area contributed by atoms with Crippen molar-refractivity contribution in [2.24, 2.45) is 5.92 Å². The Hall–Kier alpha value is -0.140. The van der Waals surface area contributed by atoms with Crippen molar-refractivity contribution in [3.8, 4) is 0 Å². The summed E-state index contributed by atoms with van der Waals surface area (Å²) < 4.78 is 23.6. The van der Waals surface area contributed by atoms with Crippen LogP contribution in [0, 0.1) is 5.92 Å². The minimum Gasteiger partial charge on any atom is -0.211 e. The number of hydrogen-bond acceptors (Lipinski definition) is 0. The normalized spacial score (nSPS) is 21.0. The van der Waals surface area contributed by atoms with Gasteiger partial charge in [-0.3, -0.25) is 0 Å². The zero-order valence-corrected chi connectivity index (χ0v) is 6.86. The molecule has 0 heterocycles. The highest BCUT2D eigenvalue weighted by atomic mass is 19.3. The molecule has 0 aromatic carbocycles. The molecule has 0 nitrogen and oxygen atoms in total. The molecule has 66 valence electrons. The topological polar surface area (TPSA) is 0 Å². The zero-order valence-electron chi connectivity index (χ0n) is 6.86. The van der Waals surface area contributed by atoms with Crippen LogP contribution in [-0.2, 0) is 0 Å². The fraction of sp³-hybridized carbons (Fsp3) is 1.00. The van der Waals surface area contributed by atoms with Crippen molar-refractivity contribution >= 4 is 0 Å². The van der Waals surface area contributed by atoms with Crippen LogP contribution in [0.25, 0.3) is 0 Å². The van der Waals surface area contributed by atoms with Gasteiger partial charge in [0, 0.05) is 6.42 Å². The second kappa shape index (κ2) is 4.68. The van der Waals surface area contributed by atoms with Gasteiger partial charge in [-0.15, -0.1) is 0 Å². The lowest BCUT2D eigenvalue weighted by Gasteiger charge is -2.20. The summed E-state index contributed by atoms with van der Waals surface area (Å²) >= 11 is 0. The maximum Gasteiger partial charge on any atom is 0.238 e. The van der Waals surface area contributed by atoms with E-state index in [1.54, 1.807) is 0 Å². The lowest BCUT2D eigenvalue weighted by atomic mass is 9.86. The summed E-state index contributed by atoms with van der Waals surface area (Å²) in [5.41, 5.74) is 0. The quantitative estimate of drug-likeness (QED) is 0.594. The molecule has 1 saturated carbocycles. The Morgan fingerprint density at radius 1 is 1.09 bits per heavy atom. The summed E-state index contributed by atoms with van der Waals surface area (Å²) in [5, 5.41) is 0. The highest BCUT2D eigenvalue weighted by Crippen LogP contribution is 2.28. The third-order valence-electron chi connectivity index (χ3n) is 2.52. The smallest absolute Gasteiger partial charge is 0.211 e. The first-order chi connectivity index (χ1) is 5.29. The van der Waals surface area contributed by atoms with Gasteiger partial charge in [-0.1, -0.05) is 32.1 Å². The monoisotopic (exact) mass is 162 g/mol. The van der Waals surface area contributed by atoms with Crippen LogP contribution in [0.1, 0.15) is 44.9 Å². The van der Waals surface area contributed by atoms with Crippen LogP contribution < -0.4 is 0 Å². The van der Waals surface area contributed by atoms with E-state index < -0.39 is 6.43 Å². The molecule has 0 spiro atoms. The standard InChI is InChI=1S/C9H16F2/c10-9(11)7-6-8-4-2-1-3-5-8/h8-9H,1-7H2. The summed E-state index contributed by atoms with van der Waals surface area (Å²) in [7, 11) is 0. The highest BCUT2D eigenvalue weighted by Gasteiger charge is 2.14. The molecular weight excluding hydrogens is 146 g/mol. The third-order valence-corrected chi connectivity index (χ3v) is 2.52. The van der Waals surface area contributed by atoms with E-state index in [1.807, 2.05) is 0 Å². The average Bonchev–Trinajstić information content (AvgIpc) is 2.03. The fourth-order valence-electron chi connectivity index (χ4n) is 1.84. The highest BCUT2D eigenvalue weighted by molar-refractivity contribution is 4.65. The van der Waals surface area contributed by atoms with Crippen LogP contribution in [0.5, 0.6) is 0 Å². The SMILES string of the molecule is FC(F)CCC1CCCCC1. The molecule has 2 heteroatoms. The van der Waals surface area contributed by atoms with E-state index in [9.17, 15) is 8.78 Å². The molecule has 0 atom stereocenters. The Bertz CT molecular complexity index is 95.7. The molecule has 1 aliphatic rings. The van der Waals surface area contributed by atoms with Gasteiger partial charge >= 0.3 is 0 Å². The van der Waals surface area contributed by atoms with Gasteiger partial charge in [0.25, 0.3) is 0 Å². The molecule has 0 saturated heterocycles. The van der Waals surface area contributed by atoms with E-state index in [2.05, 4.69) is 0 Å². The van der Waals surface area contributed by atoms with E-state index in [0.29, 0.717) is 5.92 Å². The number of hydrogen-bond donors (Lipinski definition) is 0. The van der Waals surface area contributed by atoms with Crippen LogP contribution in [0.3, 0.4) is 0 Å². The van der Waals surface area contributed by atoms with Gasteiger partial charge in [-0.05, 0) is 12.3 Å². The molecular formula is C9H16F2. The summed E-state index contributed by atoms with van der Waals surface area (Å²) in [6.07, 6.45) is 4.98. The Morgan fingerprint density at radius 3 is 2.27 bits per heavy atom. The third kappa shape index (κ3) is 3.68. The minimum absolute atomic E-state index is 0.116. The van der Waals surface area contributed by atoms with Crippen molar-refractivity contribution < 1.29 is 8.78 Å². The Labute approximate surface area is 67.0 Å². The lowest BCUT2D eigenvalue weighted by Crippen LogP contribution is -2.07. The van der Waals surface area contributed by atoms with Gasteiger partial charge in [0.2, 0.25) is 6.43 Å². The predicted octanol–water partition coefficient (Wildman–Crippen LogP) is 3.61. The molecule has 0 aliphatic heterocycles. The Balaban J connectivity index is 2.05. The lowest BCUT2D eigenvalue weighted by molar-refractivity contribution is 0.123. The zero-order chi connectivity index (χ0) is 8.10. The van der Waals surface area contributed by atoms with Crippen LogP contribution >= 0.6 is 0 Å². The van der Waals surface area contributed by atoms with Crippen LogP contribution in [0.15, 0.2) is 0 Å². The first-order valence-electron chi connectivity index (χ1n) is 4.57. The van der Waals surface area contributed by atoms with Crippen LogP contribution in [0.4, 0.5) is 8.78 Å². The summed E-state index contributed by atoms with van der Waals surface area (Å²) in [5.74, 6) is 0.609. The molecule has 0 aromatic rings. The van der Waals surface area contributed by atoms with E-state index >= 15 is 0 Å². The van der Waals surface area contributed by atoms with Crippen molar-refractivity contribution in [2.75, 3.05) is 0 Å². The van der Waals surface area contributed by atoms with Gasteiger partial charge < -0.3 is 0 Å². The number of rotatable bonds is 3. The molecule has 0 amide bonds. The second-order valence-electron chi connectivity index (χ2n) is 3.47. The summed E-state index contributed by atoms with van der Waals surface area (Å²) in [4.78, 5) is 0. The average molecular weight is 162 g/mol. The molecule has 1 aliphatic carbocycles. The predicted molar refractivity (Wildman–Crippen MR) is 41.8 cm³/mol. The van der Waals surface area contributed by atoms with E-state index in [4.69, 9.17) is 0 Å². The van der Waals surface area contributed by atoms with Gasteiger partial charge in [0.1, 0.15) is 0 Å². The second-order valence-corrected chi connectivity index (χ2v) is 3.47. The van der Waals surface area contributed by atoms with Crippen LogP contribution in [-0.4, -0.2) is 6.43 Å². The molecule has 0 aromatic heterocycles. The van der Waals surface area contributed by atoms with Crippen molar-refractivity contribution in [1.29, 1.82) is 0 Å². The summed E-state index contributed by atoms with van der Waals surface area (Å²) in [6, 6.07) is 0. The molecule has 0 bridgehead atoms. The van der Waals surface area contributed by atoms with E-state index in [1.165, 1.54) is 32.1 Å². The first-order valence-corrected chi connectivity index (χ1v) is 4.57. The van der Waals surface area contributed by atoms with Gasteiger partial charge in [0.15, 0.2) is 0 Å². The fourth-order valence-corrected chi connectivity index (χ4v) is 1.84. The maximum absolute atomic E-state index is 11.8. The molecule has 1 fully saturated rings. The Morgan fingerprint density at radius 2 is 1.73 bits per heavy atom. The molecule has 1 rings (SSSR count). The van der Waals surface area contributed by atoms with Crippen molar-refractivity contribution in [2.45, 2.75) is 51.4 Å². The van der Waals surface area contributed by atoms with E-state index in [-0.39, 0.29) is 6.42 Å². The van der Waals surface area contributed by atoms with E-state index in [0.717, 1.165) is 6.42 Å². The number of alkyl halides is 2. The van der Waals surface area contributed by atoms with Gasteiger partial charge in [-0.2, -0.15) is 0 Å². The van der Waals surface area contributed by atoms with Crippen LogP contribution in [0.2, 0.25) is 0 Å². The van der Waals surface area contributed by atoms with Gasteiger partial charge in [0.05, 0.1) is 0 Å². The number of halogens is 2. The van der Waals surface area contributed by atoms with Crippen molar-refractivity contribution in [3.05, 3.63) is 0 Å². The first kappa shape index (κ1) is 8.95. The van der Waals surface area contributed by atoms with Crippen molar-refractivity contribution in [1.82, 2.24) is 0 Å². The minimum atomic E-state index is -2.09. The molecule has 0 N–H and O–H groups in total.